The van der Waals surface area contributed by atoms with E-state index in [9.17, 15) is 4.79 Å². The second-order valence-corrected chi connectivity index (χ2v) is 4.71. The molecule has 1 N–H and O–H groups in total. The zero-order valence-corrected chi connectivity index (χ0v) is 12.7. The largest absolute Gasteiger partial charge is 0.497 e. The first kappa shape index (κ1) is 16.3. The van der Waals surface area contributed by atoms with E-state index in [2.05, 4.69) is 12.2 Å². The molecule has 5 nitrogen and oxygen atoms in total. The van der Waals surface area contributed by atoms with Crippen molar-refractivity contribution in [2.75, 3.05) is 39.7 Å². The lowest BCUT2D eigenvalue weighted by atomic mass is 10.2. The van der Waals surface area contributed by atoms with Crippen LogP contribution in [0, 0.1) is 0 Å². The van der Waals surface area contributed by atoms with E-state index in [1.165, 1.54) is 0 Å². The molecule has 1 aromatic rings. The fourth-order valence-corrected chi connectivity index (χ4v) is 1.84. The quantitative estimate of drug-likeness (QED) is 0.794. The number of likely N-dealkylation sites (N-methyl/N-ethyl adjacent to an activating group) is 1. The van der Waals surface area contributed by atoms with Gasteiger partial charge in [-0.2, -0.15) is 0 Å². The molecule has 0 unspecified atom stereocenters. The monoisotopic (exact) mass is 280 g/mol. The van der Waals surface area contributed by atoms with Gasteiger partial charge in [0.1, 0.15) is 11.5 Å². The van der Waals surface area contributed by atoms with Crippen LogP contribution in [0.2, 0.25) is 0 Å². The van der Waals surface area contributed by atoms with Crippen LogP contribution in [-0.4, -0.2) is 45.2 Å². The minimum atomic E-state index is -0.0490. The molecule has 0 fully saturated rings. The molecule has 1 amide bonds. The fourth-order valence-electron chi connectivity index (χ4n) is 1.84. The first-order valence-corrected chi connectivity index (χ1v) is 6.81. The van der Waals surface area contributed by atoms with Gasteiger partial charge in [0.2, 0.25) is 5.91 Å². The lowest BCUT2D eigenvalue weighted by Gasteiger charge is -2.17. The normalized spacial score (nSPS) is 10.4. The average Bonchev–Trinajstić information content (AvgIpc) is 2.45. The minimum absolute atomic E-state index is 0.0490. The summed E-state index contributed by atoms with van der Waals surface area (Å²) in [6.07, 6.45) is 2.22. The highest BCUT2D eigenvalue weighted by Crippen LogP contribution is 2.28. The van der Waals surface area contributed by atoms with Crippen LogP contribution in [0.4, 0.5) is 5.69 Å². The molecule has 0 spiro atoms. The number of methoxy groups -OCH3 is 2. The summed E-state index contributed by atoms with van der Waals surface area (Å²) in [5.41, 5.74) is 0.655. The highest BCUT2D eigenvalue weighted by molar-refractivity contribution is 5.93. The molecule has 0 aliphatic heterocycles. The number of rotatable bonds is 8. The van der Waals surface area contributed by atoms with Crippen LogP contribution < -0.4 is 14.8 Å². The molecule has 0 aliphatic carbocycles. The maximum absolute atomic E-state index is 12.0. The molecule has 0 saturated carbocycles. The molecule has 0 aromatic heterocycles. The van der Waals surface area contributed by atoms with Gasteiger partial charge in [-0.05, 0) is 32.1 Å². The third-order valence-electron chi connectivity index (χ3n) is 2.99. The van der Waals surface area contributed by atoms with Crippen LogP contribution in [0.15, 0.2) is 18.2 Å². The number of amides is 1. The van der Waals surface area contributed by atoms with Gasteiger partial charge in [-0.25, -0.2) is 0 Å². The van der Waals surface area contributed by atoms with Crippen LogP contribution in [0.3, 0.4) is 0 Å². The Morgan fingerprint density at radius 3 is 2.65 bits per heavy atom. The number of carbonyl (C=O) groups excluding carboxylic acids is 1. The van der Waals surface area contributed by atoms with Crippen LogP contribution in [-0.2, 0) is 4.79 Å². The van der Waals surface area contributed by atoms with Gasteiger partial charge < -0.3 is 14.8 Å². The number of nitrogens with one attached hydrogen (secondary N) is 1. The highest BCUT2D eigenvalue weighted by atomic mass is 16.5. The van der Waals surface area contributed by atoms with Gasteiger partial charge in [-0.1, -0.05) is 13.3 Å². The minimum Gasteiger partial charge on any atom is -0.497 e. The Bertz CT molecular complexity index is 435. The Labute approximate surface area is 120 Å². The van der Waals surface area contributed by atoms with Gasteiger partial charge in [0, 0.05) is 6.07 Å². The molecule has 5 heteroatoms. The smallest absolute Gasteiger partial charge is 0.238 e. The number of carbonyl (C=O) groups is 1. The van der Waals surface area contributed by atoms with E-state index in [0.717, 1.165) is 19.4 Å². The van der Waals surface area contributed by atoms with Crippen molar-refractivity contribution >= 4 is 11.6 Å². The Balaban J connectivity index is 2.61. The Morgan fingerprint density at radius 2 is 2.05 bits per heavy atom. The Hall–Kier alpha value is -1.75. The second-order valence-electron chi connectivity index (χ2n) is 4.71. The summed E-state index contributed by atoms with van der Waals surface area (Å²) < 4.78 is 10.4. The molecule has 0 aliphatic rings. The predicted molar refractivity (Wildman–Crippen MR) is 80.6 cm³/mol. The van der Waals surface area contributed by atoms with Crippen molar-refractivity contribution in [3.63, 3.8) is 0 Å². The van der Waals surface area contributed by atoms with Gasteiger partial charge in [-0.15, -0.1) is 0 Å². The molecule has 0 saturated heterocycles. The van der Waals surface area contributed by atoms with Crippen molar-refractivity contribution in [2.24, 2.45) is 0 Å². The first-order chi connectivity index (χ1) is 9.60. The summed E-state index contributed by atoms with van der Waals surface area (Å²) in [5.74, 6) is 1.24. The predicted octanol–water partition coefficient (Wildman–Crippen LogP) is 2.37. The third-order valence-corrected chi connectivity index (χ3v) is 2.99. The van der Waals surface area contributed by atoms with Crippen LogP contribution in [0.5, 0.6) is 11.5 Å². The topological polar surface area (TPSA) is 50.8 Å². The number of hydrogen-bond acceptors (Lipinski definition) is 4. The highest BCUT2D eigenvalue weighted by Gasteiger charge is 2.10. The van der Waals surface area contributed by atoms with E-state index in [1.54, 1.807) is 32.4 Å². The van der Waals surface area contributed by atoms with E-state index < -0.39 is 0 Å². The van der Waals surface area contributed by atoms with Crippen LogP contribution >= 0.6 is 0 Å². The van der Waals surface area contributed by atoms with Crippen molar-refractivity contribution in [3.8, 4) is 11.5 Å². The summed E-state index contributed by atoms with van der Waals surface area (Å²) in [6.45, 7) is 3.43. The third kappa shape index (κ3) is 5.09. The van der Waals surface area contributed by atoms with E-state index in [4.69, 9.17) is 9.47 Å². The number of unbranched alkanes of at least 4 members (excludes halogenated alkanes) is 1. The molecule has 0 atom stereocenters. The van der Waals surface area contributed by atoms with Crippen molar-refractivity contribution in [1.82, 2.24) is 4.90 Å². The SMILES string of the molecule is CCCCN(C)CC(=O)Nc1ccc(OC)cc1OC. The number of anilines is 1. The molecule has 0 bridgehead atoms. The van der Waals surface area contributed by atoms with E-state index in [0.29, 0.717) is 23.7 Å². The van der Waals surface area contributed by atoms with Crippen molar-refractivity contribution in [2.45, 2.75) is 19.8 Å². The summed E-state index contributed by atoms with van der Waals surface area (Å²) in [6, 6.07) is 5.32. The summed E-state index contributed by atoms with van der Waals surface area (Å²) in [7, 11) is 5.11. The van der Waals surface area contributed by atoms with Crippen LogP contribution in [0.1, 0.15) is 19.8 Å². The lowest BCUT2D eigenvalue weighted by Crippen LogP contribution is -2.30. The molecule has 0 heterocycles. The maximum Gasteiger partial charge on any atom is 0.238 e. The molecular formula is C15H24N2O3. The summed E-state index contributed by atoms with van der Waals surface area (Å²) >= 11 is 0. The summed E-state index contributed by atoms with van der Waals surface area (Å²) in [4.78, 5) is 14.0. The van der Waals surface area contributed by atoms with Crippen LogP contribution in [0.25, 0.3) is 0 Å². The van der Waals surface area contributed by atoms with Crippen molar-refractivity contribution < 1.29 is 14.3 Å². The lowest BCUT2D eigenvalue weighted by molar-refractivity contribution is -0.117. The number of nitrogens with zero attached hydrogens (tertiary/aromatic N) is 1. The Morgan fingerprint density at radius 1 is 1.30 bits per heavy atom. The number of ether oxygens (including phenoxy) is 2. The van der Waals surface area contributed by atoms with Crippen molar-refractivity contribution in [1.29, 1.82) is 0 Å². The Kier molecular flexibility index (Phi) is 6.87. The number of hydrogen-bond donors (Lipinski definition) is 1. The maximum atomic E-state index is 12.0. The van der Waals surface area contributed by atoms with Gasteiger partial charge in [0.05, 0.1) is 26.5 Å². The van der Waals surface area contributed by atoms with Gasteiger partial charge in [0.25, 0.3) is 0 Å². The molecule has 20 heavy (non-hydrogen) atoms. The first-order valence-electron chi connectivity index (χ1n) is 6.81. The molecule has 1 aromatic carbocycles. The molecule has 0 radical (unpaired) electrons. The molecule has 1 rings (SSSR count). The van der Waals surface area contributed by atoms with E-state index in [-0.39, 0.29) is 5.91 Å². The van der Waals surface area contributed by atoms with E-state index >= 15 is 0 Å². The molecule has 112 valence electrons. The zero-order valence-electron chi connectivity index (χ0n) is 12.7. The number of benzene rings is 1. The average molecular weight is 280 g/mol. The van der Waals surface area contributed by atoms with Gasteiger partial charge in [-0.3, -0.25) is 9.69 Å². The standard InChI is InChI=1S/C15H24N2O3/c1-5-6-9-17(2)11-15(18)16-13-8-7-12(19-3)10-14(13)20-4/h7-8,10H,5-6,9,11H2,1-4H3,(H,16,18). The van der Waals surface area contributed by atoms with E-state index in [1.807, 2.05) is 11.9 Å². The second kappa shape index (κ2) is 8.43. The fraction of sp³-hybridized carbons (Fsp3) is 0.533. The zero-order chi connectivity index (χ0) is 15.0. The van der Waals surface area contributed by atoms with Crippen molar-refractivity contribution in [3.05, 3.63) is 18.2 Å². The molecular weight excluding hydrogens is 256 g/mol. The van der Waals surface area contributed by atoms with Gasteiger partial charge >= 0.3 is 0 Å². The summed E-state index contributed by atoms with van der Waals surface area (Å²) in [5, 5.41) is 2.86. The van der Waals surface area contributed by atoms with Gasteiger partial charge in [0.15, 0.2) is 0 Å².